The Kier molecular flexibility index (Phi) is 4.54. The molecule has 0 radical (unpaired) electrons. The summed E-state index contributed by atoms with van der Waals surface area (Å²) in [6, 6.07) is 8.30. The van der Waals surface area contributed by atoms with Crippen LogP contribution in [-0.2, 0) is 17.6 Å². The van der Waals surface area contributed by atoms with E-state index in [1.54, 1.807) is 0 Å². The summed E-state index contributed by atoms with van der Waals surface area (Å²) in [5, 5.41) is 0.720. The molecule has 0 spiro atoms. The predicted octanol–water partition coefficient (Wildman–Crippen LogP) is 3.20. The van der Waals surface area contributed by atoms with Crippen LogP contribution in [0.2, 0.25) is 5.02 Å². The number of anilines is 1. The first-order valence-corrected chi connectivity index (χ1v) is 10.3. The summed E-state index contributed by atoms with van der Waals surface area (Å²) < 4.78 is 6.05. The van der Waals surface area contributed by atoms with E-state index in [0.29, 0.717) is 6.04 Å². The smallest absolute Gasteiger partial charge is 0.161 e. The Balaban J connectivity index is 1.56. The fourth-order valence-electron chi connectivity index (χ4n) is 4.62. The van der Waals surface area contributed by atoms with E-state index in [4.69, 9.17) is 26.3 Å². The fraction of sp³-hybridized carbons (Fsp3) is 0.524. The summed E-state index contributed by atoms with van der Waals surface area (Å²) in [6.07, 6.45) is 4.80. The van der Waals surface area contributed by atoms with Gasteiger partial charge in [-0.25, -0.2) is 9.97 Å². The second-order valence-electron chi connectivity index (χ2n) is 7.88. The molecule has 2 fully saturated rings. The number of likely N-dealkylation sites (N-methyl/N-ethyl adjacent to an activating group) is 1. The quantitative estimate of drug-likeness (QED) is 0.795. The summed E-state index contributed by atoms with van der Waals surface area (Å²) in [7, 11) is 2.20. The molecule has 0 N–H and O–H groups in total. The Morgan fingerprint density at radius 3 is 2.89 bits per heavy atom. The lowest BCUT2D eigenvalue weighted by atomic mass is 9.95. The van der Waals surface area contributed by atoms with E-state index in [-0.39, 0.29) is 6.10 Å². The first-order chi connectivity index (χ1) is 13.2. The van der Waals surface area contributed by atoms with Crippen molar-refractivity contribution in [3.63, 3.8) is 0 Å². The van der Waals surface area contributed by atoms with E-state index in [9.17, 15) is 0 Å². The van der Waals surface area contributed by atoms with Gasteiger partial charge in [-0.3, -0.25) is 4.90 Å². The molecule has 1 aromatic carbocycles. The average Bonchev–Trinajstić information content (AvgIpc) is 3.13. The van der Waals surface area contributed by atoms with Crippen LogP contribution in [0.3, 0.4) is 0 Å². The van der Waals surface area contributed by atoms with Gasteiger partial charge in [0.05, 0.1) is 18.8 Å². The van der Waals surface area contributed by atoms with Crippen LogP contribution in [0.15, 0.2) is 24.3 Å². The summed E-state index contributed by atoms with van der Waals surface area (Å²) in [5.41, 5.74) is 3.54. The lowest BCUT2D eigenvalue weighted by molar-refractivity contribution is -0.0362. The third kappa shape index (κ3) is 3.22. The van der Waals surface area contributed by atoms with Crippen molar-refractivity contribution < 1.29 is 4.74 Å². The average molecular weight is 385 g/mol. The molecule has 0 saturated carbocycles. The Morgan fingerprint density at radius 1 is 1.15 bits per heavy atom. The summed E-state index contributed by atoms with van der Waals surface area (Å²) in [5.74, 6) is 1.90. The molecule has 2 atom stereocenters. The van der Waals surface area contributed by atoms with Gasteiger partial charge in [-0.05, 0) is 44.9 Å². The molecule has 5 nitrogen and oxygen atoms in total. The lowest BCUT2D eigenvalue weighted by Crippen LogP contribution is -2.48. The van der Waals surface area contributed by atoms with Crippen LogP contribution in [-0.4, -0.2) is 60.3 Å². The van der Waals surface area contributed by atoms with Crippen molar-refractivity contribution in [2.24, 2.45) is 0 Å². The standard InChI is InChI=1S/C21H25ClN4O/c1-25-9-10-27-19-13-26(12-18(19)25)21-16-7-2-3-8-17(16)23-20(24-21)14-5-4-6-15(22)11-14/h4-6,11,18-19H,2-3,7-10,12-13H2,1H3. The van der Waals surface area contributed by atoms with E-state index in [2.05, 4.69) is 16.8 Å². The molecule has 1 aromatic heterocycles. The van der Waals surface area contributed by atoms with Crippen LogP contribution in [0.4, 0.5) is 5.82 Å². The predicted molar refractivity (Wildman–Crippen MR) is 107 cm³/mol. The molecule has 6 heteroatoms. The highest BCUT2D eigenvalue weighted by atomic mass is 35.5. The maximum Gasteiger partial charge on any atom is 0.161 e. The number of halogens is 1. The molecule has 0 amide bonds. The van der Waals surface area contributed by atoms with Gasteiger partial charge in [0.1, 0.15) is 5.82 Å². The van der Waals surface area contributed by atoms with Crippen molar-refractivity contribution in [1.29, 1.82) is 0 Å². The van der Waals surface area contributed by atoms with Crippen molar-refractivity contribution in [1.82, 2.24) is 14.9 Å². The van der Waals surface area contributed by atoms with Crippen LogP contribution in [0.1, 0.15) is 24.1 Å². The molecule has 3 heterocycles. The van der Waals surface area contributed by atoms with Gasteiger partial charge < -0.3 is 9.64 Å². The third-order valence-electron chi connectivity index (χ3n) is 6.12. The highest BCUT2D eigenvalue weighted by Crippen LogP contribution is 2.34. The van der Waals surface area contributed by atoms with Crippen LogP contribution in [0, 0.1) is 0 Å². The molecule has 1 aliphatic carbocycles. The zero-order chi connectivity index (χ0) is 18.4. The number of rotatable bonds is 2. The largest absolute Gasteiger partial charge is 0.373 e. The Hall–Kier alpha value is -1.69. The molecule has 27 heavy (non-hydrogen) atoms. The first kappa shape index (κ1) is 17.4. The first-order valence-electron chi connectivity index (χ1n) is 9.91. The van der Waals surface area contributed by atoms with E-state index >= 15 is 0 Å². The van der Waals surface area contributed by atoms with Gasteiger partial charge in [-0.1, -0.05) is 23.7 Å². The van der Waals surface area contributed by atoms with Gasteiger partial charge in [-0.15, -0.1) is 0 Å². The van der Waals surface area contributed by atoms with Gasteiger partial charge in [0.25, 0.3) is 0 Å². The topological polar surface area (TPSA) is 41.5 Å². The van der Waals surface area contributed by atoms with E-state index < -0.39 is 0 Å². The third-order valence-corrected chi connectivity index (χ3v) is 6.36. The van der Waals surface area contributed by atoms with Crippen LogP contribution in [0.25, 0.3) is 11.4 Å². The minimum atomic E-state index is 0.271. The van der Waals surface area contributed by atoms with Crippen molar-refractivity contribution in [2.75, 3.05) is 38.2 Å². The molecule has 2 unspecified atom stereocenters. The fourth-order valence-corrected chi connectivity index (χ4v) is 4.81. The molecular formula is C21H25ClN4O. The SMILES string of the molecule is CN1CCOC2CN(c3nc(-c4cccc(Cl)c4)nc4c3CCCC4)CC21. The van der Waals surface area contributed by atoms with Gasteiger partial charge in [0.2, 0.25) is 0 Å². The summed E-state index contributed by atoms with van der Waals surface area (Å²) in [6.45, 7) is 3.71. The number of benzene rings is 1. The minimum Gasteiger partial charge on any atom is -0.373 e. The molecule has 2 saturated heterocycles. The molecule has 3 aliphatic rings. The maximum absolute atomic E-state index is 6.22. The van der Waals surface area contributed by atoms with Crippen molar-refractivity contribution in [3.05, 3.63) is 40.5 Å². The van der Waals surface area contributed by atoms with Crippen molar-refractivity contribution in [2.45, 2.75) is 37.8 Å². The molecule has 2 aromatic rings. The highest BCUT2D eigenvalue weighted by Gasteiger charge is 2.40. The second-order valence-corrected chi connectivity index (χ2v) is 8.31. The minimum absolute atomic E-state index is 0.271. The zero-order valence-electron chi connectivity index (χ0n) is 15.7. The van der Waals surface area contributed by atoms with E-state index in [1.807, 2.05) is 24.3 Å². The Bertz CT molecular complexity index is 858. The van der Waals surface area contributed by atoms with Crippen LogP contribution >= 0.6 is 11.6 Å². The lowest BCUT2D eigenvalue weighted by Gasteiger charge is -2.33. The number of nitrogens with zero attached hydrogens (tertiary/aromatic N) is 4. The summed E-state index contributed by atoms with van der Waals surface area (Å²) >= 11 is 6.22. The second kappa shape index (κ2) is 7.04. The van der Waals surface area contributed by atoms with E-state index in [1.165, 1.54) is 24.1 Å². The molecule has 2 aliphatic heterocycles. The van der Waals surface area contributed by atoms with Crippen LogP contribution < -0.4 is 4.90 Å². The molecule has 142 valence electrons. The monoisotopic (exact) mass is 384 g/mol. The van der Waals surface area contributed by atoms with Crippen LogP contribution in [0.5, 0.6) is 0 Å². The van der Waals surface area contributed by atoms with Gasteiger partial charge in [0, 0.05) is 41.5 Å². The van der Waals surface area contributed by atoms with Gasteiger partial charge in [-0.2, -0.15) is 0 Å². The summed E-state index contributed by atoms with van der Waals surface area (Å²) in [4.78, 5) is 14.8. The Labute approximate surface area is 165 Å². The van der Waals surface area contributed by atoms with E-state index in [0.717, 1.165) is 61.3 Å². The van der Waals surface area contributed by atoms with Crippen molar-refractivity contribution in [3.8, 4) is 11.4 Å². The number of fused-ring (bicyclic) bond motifs is 2. The maximum atomic E-state index is 6.22. The number of morpholine rings is 1. The zero-order valence-corrected chi connectivity index (χ0v) is 16.5. The number of hydrogen-bond donors (Lipinski definition) is 0. The molecular weight excluding hydrogens is 360 g/mol. The van der Waals surface area contributed by atoms with Gasteiger partial charge >= 0.3 is 0 Å². The Morgan fingerprint density at radius 2 is 2.04 bits per heavy atom. The van der Waals surface area contributed by atoms with Crippen molar-refractivity contribution >= 4 is 17.4 Å². The number of aryl methyl sites for hydroxylation is 1. The van der Waals surface area contributed by atoms with Gasteiger partial charge in [0.15, 0.2) is 5.82 Å². The number of aromatic nitrogens is 2. The normalized spacial score (nSPS) is 25.3. The number of ether oxygens (including phenoxy) is 1. The molecule has 0 bridgehead atoms. The highest BCUT2D eigenvalue weighted by molar-refractivity contribution is 6.30. The molecule has 5 rings (SSSR count). The number of hydrogen-bond acceptors (Lipinski definition) is 5.